The fourth-order valence-electron chi connectivity index (χ4n) is 1.86. The van der Waals surface area contributed by atoms with Crippen LogP contribution < -0.4 is 10.2 Å². The SMILES string of the molecule is CN(C)c1ccc(NCCN=Cc2ccc(Cl)cc2)cc1. The molecule has 0 amide bonds. The van der Waals surface area contributed by atoms with Gasteiger partial charge in [-0.25, -0.2) is 0 Å². The van der Waals surface area contributed by atoms with Gasteiger partial charge in [0.1, 0.15) is 0 Å². The van der Waals surface area contributed by atoms with Gasteiger partial charge < -0.3 is 10.2 Å². The number of aliphatic imine (C=N–C) groups is 1. The van der Waals surface area contributed by atoms with Crippen molar-refractivity contribution in [2.75, 3.05) is 37.4 Å². The lowest BCUT2D eigenvalue weighted by molar-refractivity contribution is 1.03. The third-order valence-electron chi connectivity index (χ3n) is 3.06. The van der Waals surface area contributed by atoms with Crippen LogP contribution in [0.3, 0.4) is 0 Å². The number of benzene rings is 2. The number of hydrogen-bond donors (Lipinski definition) is 1. The highest BCUT2D eigenvalue weighted by Gasteiger charge is 1.95. The summed E-state index contributed by atoms with van der Waals surface area (Å²) >= 11 is 5.84. The first-order valence-electron chi connectivity index (χ1n) is 6.92. The van der Waals surface area contributed by atoms with Gasteiger partial charge in [0, 0.05) is 43.3 Å². The number of hydrogen-bond acceptors (Lipinski definition) is 3. The van der Waals surface area contributed by atoms with Crippen molar-refractivity contribution < 1.29 is 0 Å². The molecule has 3 nitrogen and oxygen atoms in total. The minimum absolute atomic E-state index is 0.734. The highest BCUT2D eigenvalue weighted by molar-refractivity contribution is 6.30. The number of nitrogens with zero attached hydrogens (tertiary/aromatic N) is 2. The summed E-state index contributed by atoms with van der Waals surface area (Å²) in [7, 11) is 4.07. The molecule has 2 aromatic rings. The Morgan fingerprint density at radius 3 is 2.33 bits per heavy atom. The van der Waals surface area contributed by atoms with Gasteiger partial charge in [0.05, 0.1) is 6.54 Å². The van der Waals surface area contributed by atoms with Crippen LogP contribution in [0.25, 0.3) is 0 Å². The monoisotopic (exact) mass is 301 g/mol. The van der Waals surface area contributed by atoms with Gasteiger partial charge in [-0.3, -0.25) is 4.99 Å². The van der Waals surface area contributed by atoms with Crippen LogP contribution >= 0.6 is 11.6 Å². The Hall–Kier alpha value is -2.00. The van der Waals surface area contributed by atoms with Crippen LogP contribution in [0, 0.1) is 0 Å². The van der Waals surface area contributed by atoms with Gasteiger partial charge >= 0.3 is 0 Å². The van der Waals surface area contributed by atoms with E-state index >= 15 is 0 Å². The molecule has 110 valence electrons. The Bertz CT molecular complexity index is 574. The minimum atomic E-state index is 0.734. The molecule has 0 radical (unpaired) electrons. The van der Waals surface area contributed by atoms with Crippen LogP contribution in [-0.4, -0.2) is 33.4 Å². The van der Waals surface area contributed by atoms with Crippen LogP contribution in [0.2, 0.25) is 5.02 Å². The van der Waals surface area contributed by atoms with Gasteiger partial charge in [-0.2, -0.15) is 0 Å². The van der Waals surface area contributed by atoms with Gasteiger partial charge in [-0.05, 0) is 42.0 Å². The van der Waals surface area contributed by atoms with E-state index in [-0.39, 0.29) is 0 Å². The number of rotatable bonds is 6. The quantitative estimate of drug-likeness (QED) is 0.646. The maximum absolute atomic E-state index is 5.84. The number of anilines is 2. The van der Waals surface area contributed by atoms with E-state index in [4.69, 9.17) is 11.6 Å². The summed E-state index contributed by atoms with van der Waals surface area (Å²) in [5, 5.41) is 4.10. The van der Waals surface area contributed by atoms with E-state index in [9.17, 15) is 0 Å². The Kier molecular flexibility index (Phi) is 5.64. The van der Waals surface area contributed by atoms with Gasteiger partial charge in [0.15, 0.2) is 0 Å². The van der Waals surface area contributed by atoms with E-state index in [2.05, 4.69) is 39.5 Å². The average Bonchev–Trinajstić information content (AvgIpc) is 2.49. The molecule has 0 spiro atoms. The molecule has 0 saturated carbocycles. The lowest BCUT2D eigenvalue weighted by Gasteiger charge is -2.13. The minimum Gasteiger partial charge on any atom is -0.383 e. The Morgan fingerprint density at radius 2 is 1.71 bits per heavy atom. The molecule has 0 atom stereocenters. The fraction of sp³-hybridized carbons (Fsp3) is 0.235. The first-order valence-corrected chi connectivity index (χ1v) is 7.29. The van der Waals surface area contributed by atoms with Crippen molar-refractivity contribution in [3.63, 3.8) is 0 Å². The van der Waals surface area contributed by atoms with Gasteiger partial charge in [-0.15, -0.1) is 0 Å². The van der Waals surface area contributed by atoms with Crippen molar-refractivity contribution in [1.29, 1.82) is 0 Å². The molecule has 0 bridgehead atoms. The van der Waals surface area contributed by atoms with Gasteiger partial charge in [0.25, 0.3) is 0 Å². The van der Waals surface area contributed by atoms with Crippen molar-refractivity contribution in [3.8, 4) is 0 Å². The first kappa shape index (κ1) is 15.4. The van der Waals surface area contributed by atoms with E-state index < -0.39 is 0 Å². The largest absolute Gasteiger partial charge is 0.383 e. The van der Waals surface area contributed by atoms with Crippen LogP contribution in [0.15, 0.2) is 53.5 Å². The van der Waals surface area contributed by atoms with Crippen molar-refractivity contribution in [2.45, 2.75) is 0 Å². The summed E-state index contributed by atoms with van der Waals surface area (Å²) in [6.07, 6.45) is 1.87. The molecule has 0 heterocycles. The summed E-state index contributed by atoms with van der Waals surface area (Å²) in [5.41, 5.74) is 3.37. The third kappa shape index (κ3) is 5.12. The van der Waals surface area contributed by atoms with Crippen molar-refractivity contribution >= 4 is 29.2 Å². The first-order chi connectivity index (χ1) is 10.1. The second-order valence-corrected chi connectivity index (χ2v) is 5.39. The maximum atomic E-state index is 5.84. The summed E-state index contributed by atoms with van der Waals surface area (Å²) in [4.78, 5) is 6.48. The smallest absolute Gasteiger partial charge is 0.0562 e. The Morgan fingerprint density at radius 1 is 1.05 bits per heavy atom. The molecular weight excluding hydrogens is 282 g/mol. The molecule has 0 unspecified atom stereocenters. The summed E-state index contributed by atoms with van der Waals surface area (Å²) in [6, 6.07) is 16.0. The van der Waals surface area contributed by atoms with Gasteiger partial charge in [0.2, 0.25) is 0 Å². The standard InChI is InChI=1S/C17H20ClN3/c1-21(2)17-9-7-16(8-10-17)20-12-11-19-13-14-3-5-15(18)6-4-14/h3-10,13,20H,11-12H2,1-2H3. The molecule has 2 rings (SSSR count). The Labute approximate surface area is 131 Å². The van der Waals surface area contributed by atoms with E-state index in [0.29, 0.717) is 0 Å². The fourth-order valence-corrected chi connectivity index (χ4v) is 1.99. The van der Waals surface area contributed by atoms with Gasteiger partial charge in [-0.1, -0.05) is 23.7 Å². The van der Waals surface area contributed by atoms with Crippen LogP contribution in [-0.2, 0) is 0 Å². The van der Waals surface area contributed by atoms with Crippen LogP contribution in [0.5, 0.6) is 0 Å². The predicted octanol–water partition coefficient (Wildman–Crippen LogP) is 3.94. The van der Waals surface area contributed by atoms with Crippen LogP contribution in [0.1, 0.15) is 5.56 Å². The van der Waals surface area contributed by atoms with Crippen molar-refractivity contribution in [3.05, 3.63) is 59.1 Å². The normalized spacial score (nSPS) is 10.8. The van der Waals surface area contributed by atoms with Crippen molar-refractivity contribution in [2.24, 2.45) is 4.99 Å². The zero-order chi connectivity index (χ0) is 15.1. The molecule has 1 N–H and O–H groups in total. The van der Waals surface area contributed by atoms with Crippen LogP contribution in [0.4, 0.5) is 11.4 Å². The highest BCUT2D eigenvalue weighted by atomic mass is 35.5. The molecule has 21 heavy (non-hydrogen) atoms. The van der Waals surface area contributed by atoms with E-state index in [1.165, 1.54) is 5.69 Å². The molecule has 0 aliphatic heterocycles. The summed E-state index contributed by atoms with van der Waals surface area (Å²) in [5.74, 6) is 0. The predicted molar refractivity (Wildman–Crippen MR) is 93.2 cm³/mol. The lowest BCUT2D eigenvalue weighted by Crippen LogP contribution is -2.09. The van der Waals surface area contributed by atoms with E-state index in [1.54, 1.807) is 0 Å². The zero-order valence-electron chi connectivity index (χ0n) is 12.4. The molecule has 0 fully saturated rings. The maximum Gasteiger partial charge on any atom is 0.0562 e. The number of nitrogens with one attached hydrogen (secondary N) is 1. The van der Waals surface area contributed by atoms with E-state index in [1.807, 2.05) is 44.6 Å². The molecule has 0 aliphatic rings. The molecule has 2 aromatic carbocycles. The zero-order valence-corrected chi connectivity index (χ0v) is 13.1. The molecule has 0 aliphatic carbocycles. The third-order valence-corrected chi connectivity index (χ3v) is 3.32. The summed E-state index contributed by atoms with van der Waals surface area (Å²) in [6.45, 7) is 1.55. The average molecular weight is 302 g/mol. The van der Waals surface area contributed by atoms with E-state index in [0.717, 1.165) is 29.4 Å². The molecule has 0 aromatic heterocycles. The number of halogens is 1. The molecule has 4 heteroatoms. The molecular formula is C17H20ClN3. The van der Waals surface area contributed by atoms with Crippen molar-refractivity contribution in [1.82, 2.24) is 0 Å². The second-order valence-electron chi connectivity index (χ2n) is 4.95. The molecule has 0 saturated heterocycles. The second kappa shape index (κ2) is 7.70. The lowest BCUT2D eigenvalue weighted by atomic mass is 10.2. The Balaban J connectivity index is 1.75. The summed E-state index contributed by atoms with van der Waals surface area (Å²) < 4.78 is 0. The topological polar surface area (TPSA) is 27.6 Å². The highest BCUT2D eigenvalue weighted by Crippen LogP contribution is 2.15.